The molecule has 4 aromatic heterocycles. The second-order valence-corrected chi connectivity index (χ2v) is 8.18. The summed E-state index contributed by atoms with van der Waals surface area (Å²) in [5.41, 5.74) is 6.56. The van der Waals surface area contributed by atoms with Crippen LogP contribution in [0.2, 0.25) is 0 Å². The smallest absolute Gasteiger partial charge is 0.182 e. The zero-order chi connectivity index (χ0) is 23.6. The van der Waals surface area contributed by atoms with Gasteiger partial charge in [-0.05, 0) is 60.5 Å². The van der Waals surface area contributed by atoms with Gasteiger partial charge in [0.15, 0.2) is 17.5 Å². The van der Waals surface area contributed by atoms with E-state index in [0.29, 0.717) is 28.9 Å². The molecule has 6 aromatic rings. The second-order valence-electron chi connectivity index (χ2n) is 8.18. The fourth-order valence-corrected chi connectivity index (χ4v) is 4.07. The van der Waals surface area contributed by atoms with Crippen molar-refractivity contribution < 1.29 is 0 Å². The van der Waals surface area contributed by atoms with Crippen LogP contribution < -0.4 is 0 Å². The van der Waals surface area contributed by atoms with Crippen molar-refractivity contribution in [2.24, 2.45) is 0 Å². The number of benzene rings is 2. The van der Waals surface area contributed by atoms with Crippen LogP contribution in [-0.4, -0.2) is 29.9 Å². The third kappa shape index (κ3) is 4.13. The topological polar surface area (TPSA) is 77.3 Å². The molecule has 166 valence electrons. The second kappa shape index (κ2) is 8.83. The lowest BCUT2D eigenvalue weighted by Gasteiger charge is -2.11. The molecule has 0 N–H and O–H groups in total. The van der Waals surface area contributed by atoms with Crippen LogP contribution in [0.15, 0.2) is 104 Å². The van der Waals surface area contributed by atoms with E-state index in [2.05, 4.69) is 51.1 Å². The first-order valence-electron chi connectivity index (χ1n) is 11.3. The molecule has 0 aliphatic rings. The van der Waals surface area contributed by atoms with Crippen molar-refractivity contribution in [3.05, 3.63) is 109 Å². The number of hydrogen-bond donors (Lipinski definition) is 0. The van der Waals surface area contributed by atoms with Gasteiger partial charge in [-0.15, -0.1) is 0 Å². The molecule has 0 saturated carbocycles. The highest BCUT2D eigenvalue weighted by Crippen LogP contribution is 2.30. The maximum atomic E-state index is 4.76. The lowest BCUT2D eigenvalue weighted by atomic mass is 9.98. The maximum absolute atomic E-state index is 4.76. The van der Waals surface area contributed by atoms with E-state index in [9.17, 15) is 0 Å². The first-order valence-corrected chi connectivity index (χ1v) is 11.3. The summed E-state index contributed by atoms with van der Waals surface area (Å²) in [7, 11) is 0. The molecule has 0 fully saturated rings. The van der Waals surface area contributed by atoms with Crippen molar-refractivity contribution in [3.8, 4) is 45.6 Å². The molecular formula is C29H20N6. The highest BCUT2D eigenvalue weighted by molar-refractivity contribution is 5.84. The minimum Gasteiger partial charge on any atom is -0.256 e. The molecule has 0 radical (unpaired) electrons. The van der Waals surface area contributed by atoms with Crippen LogP contribution >= 0.6 is 0 Å². The summed E-state index contributed by atoms with van der Waals surface area (Å²) in [6.45, 7) is 2.09. The van der Waals surface area contributed by atoms with Gasteiger partial charge in [0.2, 0.25) is 0 Å². The van der Waals surface area contributed by atoms with Gasteiger partial charge in [-0.25, -0.2) is 15.0 Å². The lowest BCUT2D eigenvalue weighted by molar-refractivity contribution is 1.05. The predicted molar refractivity (Wildman–Crippen MR) is 137 cm³/mol. The van der Waals surface area contributed by atoms with Crippen molar-refractivity contribution in [2.45, 2.75) is 6.92 Å². The number of aromatic nitrogens is 6. The summed E-state index contributed by atoms with van der Waals surface area (Å²) in [5.74, 6) is 1.60. The standard InChI is InChI=1S/C29H20N6/c1-19-16-21(12-13-23(19)22-17-20-8-2-3-9-24(20)32-18-22)27-33-28(25-10-4-6-14-30-25)35-29(34-27)26-11-5-7-15-31-26/h2-18H,1H3. The van der Waals surface area contributed by atoms with E-state index in [4.69, 9.17) is 9.97 Å². The van der Waals surface area contributed by atoms with E-state index >= 15 is 0 Å². The minimum atomic E-state index is 0.511. The van der Waals surface area contributed by atoms with E-state index in [-0.39, 0.29) is 0 Å². The first kappa shape index (κ1) is 20.7. The zero-order valence-corrected chi connectivity index (χ0v) is 19.0. The number of hydrogen-bond acceptors (Lipinski definition) is 6. The summed E-state index contributed by atoms with van der Waals surface area (Å²) < 4.78 is 0. The number of para-hydroxylation sites is 1. The quantitative estimate of drug-likeness (QED) is 0.318. The zero-order valence-electron chi connectivity index (χ0n) is 19.0. The molecule has 0 bridgehead atoms. The fourth-order valence-electron chi connectivity index (χ4n) is 4.07. The first-order chi connectivity index (χ1) is 17.2. The Balaban J connectivity index is 1.45. The maximum Gasteiger partial charge on any atom is 0.182 e. The van der Waals surface area contributed by atoms with Crippen LogP contribution in [0.4, 0.5) is 0 Å². The van der Waals surface area contributed by atoms with Crippen molar-refractivity contribution in [3.63, 3.8) is 0 Å². The van der Waals surface area contributed by atoms with Crippen molar-refractivity contribution >= 4 is 10.9 Å². The third-order valence-electron chi connectivity index (χ3n) is 5.81. The van der Waals surface area contributed by atoms with Gasteiger partial charge in [-0.1, -0.05) is 42.5 Å². The third-order valence-corrected chi connectivity index (χ3v) is 5.81. The van der Waals surface area contributed by atoms with Crippen LogP contribution in [0.5, 0.6) is 0 Å². The van der Waals surface area contributed by atoms with Crippen LogP contribution in [0.1, 0.15) is 5.56 Å². The molecule has 6 nitrogen and oxygen atoms in total. The molecule has 0 amide bonds. The average molecular weight is 453 g/mol. The molecule has 0 unspecified atom stereocenters. The molecule has 0 aliphatic heterocycles. The van der Waals surface area contributed by atoms with Crippen molar-refractivity contribution in [2.75, 3.05) is 0 Å². The number of fused-ring (bicyclic) bond motifs is 1. The van der Waals surface area contributed by atoms with Crippen LogP contribution in [-0.2, 0) is 0 Å². The summed E-state index contributed by atoms with van der Waals surface area (Å²) in [5, 5.41) is 1.12. The molecule has 2 aromatic carbocycles. The molecule has 35 heavy (non-hydrogen) atoms. The van der Waals surface area contributed by atoms with E-state index in [1.165, 1.54) is 0 Å². The Morgan fingerprint density at radius 3 is 1.86 bits per heavy atom. The van der Waals surface area contributed by atoms with Gasteiger partial charge in [0.1, 0.15) is 11.4 Å². The van der Waals surface area contributed by atoms with Crippen LogP contribution in [0.25, 0.3) is 56.5 Å². The Labute approximate surface area is 202 Å². The highest BCUT2D eigenvalue weighted by atomic mass is 15.1. The predicted octanol–water partition coefficient (Wildman–Crippen LogP) is 6.19. The van der Waals surface area contributed by atoms with Gasteiger partial charge >= 0.3 is 0 Å². The Morgan fingerprint density at radius 2 is 1.20 bits per heavy atom. The number of nitrogens with zero attached hydrogens (tertiary/aromatic N) is 6. The van der Waals surface area contributed by atoms with Gasteiger partial charge < -0.3 is 0 Å². The van der Waals surface area contributed by atoms with Crippen molar-refractivity contribution in [1.82, 2.24) is 29.9 Å². The normalized spacial score (nSPS) is 11.0. The number of rotatable bonds is 4. The molecule has 0 atom stereocenters. The van der Waals surface area contributed by atoms with Gasteiger partial charge in [0, 0.05) is 35.1 Å². The Bertz CT molecular complexity index is 1590. The van der Waals surface area contributed by atoms with E-state index in [0.717, 1.165) is 33.2 Å². The van der Waals surface area contributed by atoms with Gasteiger partial charge in [-0.2, -0.15) is 0 Å². The summed E-state index contributed by atoms with van der Waals surface area (Å²) in [6.07, 6.45) is 5.39. The molecule has 0 aliphatic carbocycles. The molecule has 6 heteroatoms. The van der Waals surface area contributed by atoms with Gasteiger partial charge in [0.05, 0.1) is 5.52 Å². The molecule has 4 heterocycles. The average Bonchev–Trinajstić information content (AvgIpc) is 2.93. The monoisotopic (exact) mass is 452 g/mol. The fraction of sp³-hybridized carbons (Fsp3) is 0.0345. The summed E-state index contributed by atoms with van der Waals surface area (Å²) >= 11 is 0. The Morgan fingerprint density at radius 1 is 0.543 bits per heavy atom. The van der Waals surface area contributed by atoms with Crippen LogP contribution in [0, 0.1) is 6.92 Å². The largest absolute Gasteiger partial charge is 0.256 e. The number of aryl methyl sites for hydroxylation is 1. The highest BCUT2D eigenvalue weighted by Gasteiger charge is 2.14. The van der Waals surface area contributed by atoms with Gasteiger partial charge in [-0.3, -0.25) is 15.0 Å². The number of pyridine rings is 3. The van der Waals surface area contributed by atoms with E-state index in [1.807, 2.05) is 66.9 Å². The summed E-state index contributed by atoms with van der Waals surface area (Å²) in [4.78, 5) is 27.7. The van der Waals surface area contributed by atoms with E-state index < -0.39 is 0 Å². The Hall–Kier alpha value is -4.84. The summed E-state index contributed by atoms with van der Waals surface area (Å²) in [6, 6.07) is 27.9. The van der Waals surface area contributed by atoms with E-state index in [1.54, 1.807) is 12.4 Å². The molecule has 0 spiro atoms. The van der Waals surface area contributed by atoms with Gasteiger partial charge in [0.25, 0.3) is 0 Å². The van der Waals surface area contributed by atoms with Crippen LogP contribution in [0.3, 0.4) is 0 Å². The Kier molecular flexibility index (Phi) is 5.24. The van der Waals surface area contributed by atoms with Crippen molar-refractivity contribution in [1.29, 1.82) is 0 Å². The molecular weight excluding hydrogens is 432 g/mol. The lowest BCUT2D eigenvalue weighted by Crippen LogP contribution is -2.02. The minimum absolute atomic E-state index is 0.511. The SMILES string of the molecule is Cc1cc(-c2nc(-c3ccccn3)nc(-c3ccccn3)n2)ccc1-c1cnc2ccccc2c1. The molecule has 6 rings (SSSR count). The molecule has 0 saturated heterocycles.